The van der Waals surface area contributed by atoms with Gasteiger partial charge in [0.1, 0.15) is 17.2 Å². The molecule has 1 heterocycles. The summed E-state index contributed by atoms with van der Waals surface area (Å²) in [5.41, 5.74) is 4.27. The van der Waals surface area contributed by atoms with Gasteiger partial charge in [-0.05, 0) is 38.9 Å². The second-order valence-corrected chi connectivity index (χ2v) is 6.41. The van der Waals surface area contributed by atoms with E-state index in [0.29, 0.717) is 12.6 Å². The first-order valence-electron chi connectivity index (χ1n) is 8.29. The van der Waals surface area contributed by atoms with Gasteiger partial charge in [-0.2, -0.15) is 0 Å². The number of nitrogens with zero attached hydrogens (tertiary/aromatic N) is 2. The van der Waals surface area contributed by atoms with Crippen LogP contribution in [0.25, 0.3) is 0 Å². The van der Waals surface area contributed by atoms with Crippen molar-refractivity contribution in [1.29, 1.82) is 0 Å². The molecule has 2 atom stereocenters. The van der Waals surface area contributed by atoms with Crippen molar-refractivity contribution in [2.24, 2.45) is 10.7 Å². The molecule has 1 aromatic carbocycles. The zero-order valence-electron chi connectivity index (χ0n) is 14.2. The molecule has 1 fully saturated rings. The maximum absolute atomic E-state index is 13.8. The normalized spacial score (nSPS) is 21.7. The number of likely N-dealkylation sites (tertiary alicyclic amines) is 1. The zero-order valence-corrected chi connectivity index (χ0v) is 14.2. The molecule has 4 N–H and O–H groups in total. The molecule has 1 saturated heterocycles. The van der Waals surface area contributed by atoms with Crippen LogP contribution in [-0.4, -0.2) is 48.2 Å². The van der Waals surface area contributed by atoms with E-state index in [1.54, 1.807) is 0 Å². The summed E-state index contributed by atoms with van der Waals surface area (Å²) >= 11 is 0. The lowest BCUT2D eigenvalue weighted by atomic mass is 9.95. The van der Waals surface area contributed by atoms with Gasteiger partial charge in [-0.15, -0.1) is 0 Å². The van der Waals surface area contributed by atoms with E-state index in [-0.39, 0.29) is 18.1 Å². The Hall–Kier alpha value is -1.73. The Morgan fingerprint density at radius 2 is 2.25 bits per heavy atom. The van der Waals surface area contributed by atoms with E-state index < -0.39 is 17.2 Å². The quantitative estimate of drug-likeness (QED) is 0.543. The highest BCUT2D eigenvalue weighted by Gasteiger charge is 2.27. The lowest BCUT2D eigenvalue weighted by Crippen LogP contribution is -2.43. The first-order valence-corrected chi connectivity index (χ1v) is 8.29. The van der Waals surface area contributed by atoms with Gasteiger partial charge < -0.3 is 16.2 Å². The average Bonchev–Trinajstić information content (AvgIpc) is 2.98. The van der Waals surface area contributed by atoms with Gasteiger partial charge >= 0.3 is 0 Å². The number of benzene rings is 1. The van der Waals surface area contributed by atoms with E-state index in [0.717, 1.165) is 31.6 Å². The summed E-state index contributed by atoms with van der Waals surface area (Å²) in [7, 11) is 0. The summed E-state index contributed by atoms with van der Waals surface area (Å²) in [4.78, 5) is 6.48. The average molecular weight is 340 g/mol. The highest BCUT2D eigenvalue weighted by molar-refractivity contribution is 5.77. The molecular formula is C17H26F2N4O. The highest BCUT2D eigenvalue weighted by atomic mass is 19.1. The van der Waals surface area contributed by atoms with Gasteiger partial charge in [0.15, 0.2) is 5.96 Å². The van der Waals surface area contributed by atoms with E-state index in [1.165, 1.54) is 19.4 Å². The molecule has 0 amide bonds. The molecule has 0 aliphatic carbocycles. The molecule has 5 nitrogen and oxygen atoms in total. The Bertz CT molecular complexity index is 592. The van der Waals surface area contributed by atoms with Crippen molar-refractivity contribution < 1.29 is 13.9 Å². The van der Waals surface area contributed by atoms with Crippen molar-refractivity contribution in [3.05, 3.63) is 35.4 Å². The molecule has 1 aliphatic heterocycles. The standard InChI is InChI=1S/C17H26F2N4O/c1-3-23-8-4-5-13(23)10-21-16(20)22-11-17(2,24)14-7-6-12(18)9-15(14)19/h6-7,9,13,24H,3-5,8,10-11H2,1-2H3,(H3,20,21,22). The predicted octanol–water partition coefficient (Wildman–Crippen LogP) is 1.56. The molecule has 1 aliphatic rings. The van der Waals surface area contributed by atoms with Crippen molar-refractivity contribution in [2.75, 3.05) is 26.2 Å². The summed E-state index contributed by atoms with van der Waals surface area (Å²) in [6, 6.07) is 3.51. The van der Waals surface area contributed by atoms with Gasteiger partial charge in [-0.3, -0.25) is 9.89 Å². The Balaban J connectivity index is 1.93. The van der Waals surface area contributed by atoms with Crippen molar-refractivity contribution in [3.63, 3.8) is 0 Å². The molecule has 134 valence electrons. The molecule has 0 aromatic heterocycles. The molecule has 0 spiro atoms. The van der Waals surface area contributed by atoms with E-state index in [4.69, 9.17) is 5.73 Å². The van der Waals surface area contributed by atoms with Gasteiger partial charge in [0.2, 0.25) is 0 Å². The monoisotopic (exact) mass is 340 g/mol. The maximum atomic E-state index is 13.8. The van der Waals surface area contributed by atoms with Crippen molar-refractivity contribution >= 4 is 5.96 Å². The number of nitrogens with one attached hydrogen (secondary N) is 1. The third kappa shape index (κ3) is 4.64. The van der Waals surface area contributed by atoms with Crippen LogP contribution in [0.15, 0.2) is 23.2 Å². The minimum absolute atomic E-state index is 0.00611. The van der Waals surface area contributed by atoms with Crippen molar-refractivity contribution in [3.8, 4) is 0 Å². The summed E-state index contributed by atoms with van der Waals surface area (Å²) in [5, 5.41) is 13.5. The number of aliphatic imine (C=N–C) groups is 1. The Labute approximate surface area is 141 Å². The minimum Gasteiger partial charge on any atom is -0.383 e. The van der Waals surface area contributed by atoms with Gasteiger partial charge in [-0.1, -0.05) is 13.0 Å². The smallest absolute Gasteiger partial charge is 0.188 e. The van der Waals surface area contributed by atoms with Crippen LogP contribution < -0.4 is 11.1 Å². The van der Waals surface area contributed by atoms with Gasteiger partial charge in [-0.25, -0.2) is 8.78 Å². The number of aliphatic hydroxyl groups is 1. The Kier molecular flexibility index (Phi) is 6.12. The van der Waals surface area contributed by atoms with Crippen LogP contribution in [0.5, 0.6) is 0 Å². The molecule has 2 rings (SSSR count). The molecule has 0 radical (unpaired) electrons. The SMILES string of the molecule is CCN1CCCC1CNC(N)=NCC(C)(O)c1ccc(F)cc1F. The number of hydrogen-bond acceptors (Lipinski definition) is 3. The van der Waals surface area contributed by atoms with Crippen LogP contribution in [-0.2, 0) is 5.60 Å². The molecule has 0 bridgehead atoms. The second kappa shape index (κ2) is 7.90. The predicted molar refractivity (Wildman–Crippen MR) is 90.7 cm³/mol. The Morgan fingerprint density at radius 1 is 1.50 bits per heavy atom. The topological polar surface area (TPSA) is 73.9 Å². The lowest BCUT2D eigenvalue weighted by molar-refractivity contribution is 0.0633. The van der Waals surface area contributed by atoms with Crippen LogP contribution in [0.2, 0.25) is 0 Å². The third-order valence-electron chi connectivity index (χ3n) is 4.49. The first kappa shape index (κ1) is 18.6. The highest BCUT2D eigenvalue weighted by Crippen LogP contribution is 2.24. The third-order valence-corrected chi connectivity index (χ3v) is 4.49. The summed E-state index contributed by atoms with van der Waals surface area (Å²) in [6.07, 6.45) is 2.29. The van der Waals surface area contributed by atoms with Gasteiger partial charge in [0, 0.05) is 24.2 Å². The van der Waals surface area contributed by atoms with Crippen LogP contribution in [0.4, 0.5) is 8.78 Å². The van der Waals surface area contributed by atoms with E-state index >= 15 is 0 Å². The number of guanidine groups is 1. The van der Waals surface area contributed by atoms with Crippen LogP contribution >= 0.6 is 0 Å². The largest absolute Gasteiger partial charge is 0.383 e. The summed E-state index contributed by atoms with van der Waals surface area (Å²) in [6.45, 7) is 6.23. The van der Waals surface area contributed by atoms with Gasteiger partial charge in [0.25, 0.3) is 0 Å². The molecule has 0 saturated carbocycles. The lowest BCUT2D eigenvalue weighted by Gasteiger charge is -2.24. The fourth-order valence-electron chi connectivity index (χ4n) is 3.07. The fourth-order valence-corrected chi connectivity index (χ4v) is 3.07. The first-order chi connectivity index (χ1) is 11.3. The van der Waals surface area contributed by atoms with Crippen molar-refractivity contribution in [2.45, 2.75) is 38.3 Å². The van der Waals surface area contributed by atoms with Crippen LogP contribution in [0, 0.1) is 11.6 Å². The molecule has 7 heteroatoms. The minimum atomic E-state index is -1.56. The zero-order chi connectivity index (χ0) is 17.7. The maximum Gasteiger partial charge on any atom is 0.188 e. The van der Waals surface area contributed by atoms with Crippen molar-refractivity contribution in [1.82, 2.24) is 10.2 Å². The summed E-state index contributed by atoms with van der Waals surface area (Å²) in [5.74, 6) is -1.28. The number of rotatable bonds is 6. The molecular weight excluding hydrogens is 314 g/mol. The van der Waals surface area contributed by atoms with E-state index in [2.05, 4.69) is 22.1 Å². The van der Waals surface area contributed by atoms with E-state index in [1.807, 2.05) is 0 Å². The number of likely N-dealkylation sites (N-methyl/N-ethyl adjacent to an activating group) is 1. The summed E-state index contributed by atoms with van der Waals surface area (Å²) < 4.78 is 26.8. The number of nitrogens with two attached hydrogens (primary N) is 1. The molecule has 2 unspecified atom stereocenters. The Morgan fingerprint density at radius 3 is 2.92 bits per heavy atom. The van der Waals surface area contributed by atoms with E-state index in [9.17, 15) is 13.9 Å². The number of hydrogen-bond donors (Lipinski definition) is 3. The molecule has 24 heavy (non-hydrogen) atoms. The van der Waals surface area contributed by atoms with Gasteiger partial charge in [0.05, 0.1) is 6.54 Å². The van der Waals surface area contributed by atoms with Crippen LogP contribution in [0.1, 0.15) is 32.3 Å². The fraction of sp³-hybridized carbons (Fsp3) is 0.588. The molecule has 1 aromatic rings. The number of halogens is 2. The second-order valence-electron chi connectivity index (χ2n) is 6.41. The van der Waals surface area contributed by atoms with Crippen LogP contribution in [0.3, 0.4) is 0 Å².